The lowest BCUT2D eigenvalue weighted by Crippen LogP contribution is -2.35. The van der Waals surface area contributed by atoms with Gasteiger partial charge in [0.05, 0.1) is 27.1 Å². The maximum Gasteiger partial charge on any atom is 0.336 e. The van der Waals surface area contributed by atoms with Gasteiger partial charge in [-0.05, 0) is 36.2 Å². The number of carbonyl (C=O) groups is 3. The first kappa shape index (κ1) is 17.5. The molecule has 0 saturated heterocycles. The maximum absolute atomic E-state index is 12.3. The summed E-state index contributed by atoms with van der Waals surface area (Å²) in [5, 5.41) is 1.32. The van der Waals surface area contributed by atoms with E-state index in [4.69, 9.17) is 28.0 Å². The summed E-state index contributed by atoms with van der Waals surface area (Å²) in [6, 6.07) is 11.4. The molecule has 0 N–H and O–H groups in total. The summed E-state index contributed by atoms with van der Waals surface area (Å²) in [6.07, 6.45) is 0.332. The number of fused-ring (bicyclic) bond motifs is 1. The number of hydroxylamine groups is 2. The van der Waals surface area contributed by atoms with E-state index in [1.807, 2.05) is 0 Å². The number of hydrogen-bond acceptors (Lipinski definition) is 4. The third-order valence-corrected chi connectivity index (χ3v) is 4.61. The third-order valence-electron chi connectivity index (χ3n) is 3.87. The average molecular weight is 378 g/mol. The summed E-state index contributed by atoms with van der Waals surface area (Å²) in [5.74, 6) is -2.55. The molecular formula is C18H13Cl2NO4. The van der Waals surface area contributed by atoms with Crippen molar-refractivity contribution >= 4 is 41.0 Å². The number of nitrogens with zero attached hydrogens (tertiary/aromatic N) is 1. The van der Waals surface area contributed by atoms with E-state index >= 15 is 0 Å². The number of amides is 2. The molecule has 1 heterocycles. The van der Waals surface area contributed by atoms with E-state index in [2.05, 4.69) is 0 Å². The highest BCUT2D eigenvalue weighted by molar-refractivity contribution is 6.42. The zero-order valence-electron chi connectivity index (χ0n) is 13.2. The molecule has 0 spiro atoms. The minimum Gasteiger partial charge on any atom is -0.329 e. The maximum atomic E-state index is 12.3. The van der Waals surface area contributed by atoms with Crippen LogP contribution in [-0.4, -0.2) is 22.8 Å². The van der Waals surface area contributed by atoms with Crippen LogP contribution in [0.4, 0.5) is 0 Å². The highest BCUT2D eigenvalue weighted by Crippen LogP contribution is 2.26. The highest BCUT2D eigenvalue weighted by Gasteiger charge is 2.39. The van der Waals surface area contributed by atoms with Crippen LogP contribution in [0.3, 0.4) is 0 Å². The van der Waals surface area contributed by atoms with Gasteiger partial charge in [0, 0.05) is 0 Å². The second-order valence-electron chi connectivity index (χ2n) is 5.71. The van der Waals surface area contributed by atoms with E-state index in [9.17, 15) is 14.4 Å². The first-order valence-corrected chi connectivity index (χ1v) is 8.27. The Morgan fingerprint density at radius 1 is 1.04 bits per heavy atom. The summed E-state index contributed by atoms with van der Waals surface area (Å²) >= 11 is 11.8. The van der Waals surface area contributed by atoms with E-state index < -0.39 is 23.7 Å². The van der Waals surface area contributed by atoms with E-state index in [0.29, 0.717) is 21.5 Å². The number of carbonyl (C=O) groups excluding carboxylic acids is 3. The van der Waals surface area contributed by atoms with Crippen LogP contribution in [0, 0.1) is 5.92 Å². The zero-order chi connectivity index (χ0) is 18.1. The summed E-state index contributed by atoms with van der Waals surface area (Å²) < 4.78 is 0. The molecule has 25 heavy (non-hydrogen) atoms. The predicted octanol–water partition coefficient (Wildman–Crippen LogP) is 3.93. The smallest absolute Gasteiger partial charge is 0.329 e. The van der Waals surface area contributed by atoms with Crippen molar-refractivity contribution < 1.29 is 19.2 Å². The monoisotopic (exact) mass is 377 g/mol. The molecule has 0 saturated carbocycles. The lowest BCUT2D eigenvalue weighted by Gasteiger charge is -2.16. The summed E-state index contributed by atoms with van der Waals surface area (Å²) in [5.41, 5.74) is 1.23. The van der Waals surface area contributed by atoms with Gasteiger partial charge < -0.3 is 4.84 Å². The first-order chi connectivity index (χ1) is 11.9. The van der Waals surface area contributed by atoms with Crippen LogP contribution in [0.15, 0.2) is 42.5 Å². The molecule has 128 valence electrons. The average Bonchev–Trinajstić information content (AvgIpc) is 2.83. The molecule has 7 heteroatoms. The van der Waals surface area contributed by atoms with Crippen LogP contribution < -0.4 is 0 Å². The van der Waals surface area contributed by atoms with Crippen molar-refractivity contribution in [2.45, 2.75) is 13.3 Å². The second kappa shape index (κ2) is 6.86. The fourth-order valence-corrected chi connectivity index (χ4v) is 2.85. The van der Waals surface area contributed by atoms with Crippen LogP contribution in [0.2, 0.25) is 10.0 Å². The molecule has 1 unspecified atom stereocenters. The number of benzene rings is 2. The van der Waals surface area contributed by atoms with E-state index in [-0.39, 0.29) is 11.1 Å². The van der Waals surface area contributed by atoms with Crippen LogP contribution >= 0.6 is 23.2 Å². The molecule has 2 aromatic carbocycles. The summed E-state index contributed by atoms with van der Waals surface area (Å²) in [4.78, 5) is 41.7. The molecule has 0 aromatic heterocycles. The lowest BCUT2D eigenvalue weighted by molar-refractivity contribution is -0.173. The largest absolute Gasteiger partial charge is 0.336 e. The molecule has 1 aliphatic rings. The molecule has 5 nitrogen and oxygen atoms in total. The van der Waals surface area contributed by atoms with Gasteiger partial charge in [-0.15, -0.1) is 0 Å². The quantitative estimate of drug-likeness (QED) is 0.757. The SMILES string of the molecule is CC(Cc1ccc(Cl)c(Cl)c1)C(=O)ON1C(=O)c2ccccc2C1=O. The van der Waals surface area contributed by atoms with Gasteiger partial charge in [0.15, 0.2) is 0 Å². The minimum absolute atomic E-state index is 0.220. The minimum atomic E-state index is -0.680. The number of imide groups is 1. The zero-order valence-corrected chi connectivity index (χ0v) is 14.7. The van der Waals surface area contributed by atoms with Crippen molar-refractivity contribution in [3.05, 3.63) is 69.2 Å². The van der Waals surface area contributed by atoms with Crippen molar-refractivity contribution in [2.24, 2.45) is 5.92 Å². The molecule has 1 aliphatic heterocycles. The molecule has 2 amide bonds. The van der Waals surface area contributed by atoms with Crippen molar-refractivity contribution in [2.75, 3.05) is 0 Å². The molecule has 0 radical (unpaired) electrons. The van der Waals surface area contributed by atoms with Gasteiger partial charge in [0.2, 0.25) is 0 Å². The fraction of sp³-hybridized carbons (Fsp3) is 0.167. The van der Waals surface area contributed by atoms with Gasteiger partial charge in [-0.25, -0.2) is 4.79 Å². The topological polar surface area (TPSA) is 63.7 Å². The van der Waals surface area contributed by atoms with Crippen molar-refractivity contribution in [3.8, 4) is 0 Å². The number of halogens is 2. The molecule has 0 fully saturated rings. The van der Waals surface area contributed by atoms with Crippen LogP contribution in [0.5, 0.6) is 0 Å². The molecule has 0 aliphatic carbocycles. The Balaban J connectivity index is 1.69. The lowest BCUT2D eigenvalue weighted by atomic mass is 10.0. The molecule has 2 aromatic rings. The Morgan fingerprint density at radius 3 is 2.20 bits per heavy atom. The van der Waals surface area contributed by atoms with Crippen LogP contribution in [0.25, 0.3) is 0 Å². The Labute approximate surface area is 154 Å². The normalized spacial score (nSPS) is 14.4. The van der Waals surface area contributed by atoms with Gasteiger partial charge in [-0.1, -0.05) is 53.4 Å². The van der Waals surface area contributed by atoms with Gasteiger partial charge in [0.1, 0.15) is 0 Å². The van der Waals surface area contributed by atoms with Crippen molar-refractivity contribution in [1.29, 1.82) is 0 Å². The summed E-state index contributed by atoms with van der Waals surface area (Å²) in [6.45, 7) is 1.64. The van der Waals surface area contributed by atoms with E-state index in [1.54, 1.807) is 37.3 Å². The third kappa shape index (κ3) is 3.38. The molecule has 0 bridgehead atoms. The highest BCUT2D eigenvalue weighted by atomic mass is 35.5. The molecular weight excluding hydrogens is 365 g/mol. The number of rotatable bonds is 4. The fourth-order valence-electron chi connectivity index (χ4n) is 2.53. The van der Waals surface area contributed by atoms with E-state index in [0.717, 1.165) is 5.56 Å². The van der Waals surface area contributed by atoms with Crippen LogP contribution in [-0.2, 0) is 16.1 Å². The Bertz CT molecular complexity index is 846. The Hall–Kier alpha value is -2.37. The van der Waals surface area contributed by atoms with Crippen LogP contribution in [0.1, 0.15) is 33.2 Å². The van der Waals surface area contributed by atoms with Gasteiger partial charge in [0.25, 0.3) is 11.8 Å². The van der Waals surface area contributed by atoms with Gasteiger partial charge in [-0.2, -0.15) is 0 Å². The van der Waals surface area contributed by atoms with Crippen molar-refractivity contribution in [1.82, 2.24) is 5.06 Å². The number of hydrogen-bond donors (Lipinski definition) is 0. The Kier molecular flexibility index (Phi) is 4.79. The summed E-state index contributed by atoms with van der Waals surface area (Å²) in [7, 11) is 0. The van der Waals surface area contributed by atoms with E-state index in [1.165, 1.54) is 12.1 Å². The van der Waals surface area contributed by atoms with Gasteiger partial charge >= 0.3 is 5.97 Å². The second-order valence-corrected chi connectivity index (χ2v) is 6.53. The first-order valence-electron chi connectivity index (χ1n) is 7.52. The van der Waals surface area contributed by atoms with Gasteiger partial charge in [-0.3, -0.25) is 9.59 Å². The standard InChI is InChI=1S/C18H13Cl2NO4/c1-10(8-11-6-7-14(19)15(20)9-11)18(24)25-21-16(22)12-4-2-3-5-13(12)17(21)23/h2-7,9-10H,8H2,1H3. The predicted molar refractivity (Wildman–Crippen MR) is 92.4 cm³/mol. The van der Waals surface area contributed by atoms with Crippen molar-refractivity contribution in [3.63, 3.8) is 0 Å². The Morgan fingerprint density at radius 2 is 1.64 bits per heavy atom. The molecule has 3 rings (SSSR count). The molecule has 1 atom stereocenters.